The zero-order valence-corrected chi connectivity index (χ0v) is 13.2. The van der Waals surface area contributed by atoms with Crippen molar-refractivity contribution in [2.24, 2.45) is 17.8 Å². The molecule has 0 rings (SSSR count). The van der Waals surface area contributed by atoms with Crippen LogP contribution in [0.15, 0.2) is 24.0 Å². The van der Waals surface area contributed by atoms with Gasteiger partial charge in [0, 0.05) is 6.54 Å². The maximum atomic E-state index is 5.12. The molecule has 0 fully saturated rings. The molecule has 0 saturated heterocycles. The Balaban J connectivity index is 4.47. The van der Waals surface area contributed by atoms with E-state index < -0.39 is 0 Å². The monoisotopic (exact) mass is 253 g/mol. The summed E-state index contributed by atoms with van der Waals surface area (Å²) < 4.78 is 5.12. The predicted octanol–water partition coefficient (Wildman–Crippen LogP) is 3.95. The molecule has 0 aromatic heterocycles. The molecule has 0 aromatic carbocycles. The van der Waals surface area contributed by atoms with E-state index >= 15 is 0 Å². The summed E-state index contributed by atoms with van der Waals surface area (Å²) in [5.41, 5.74) is 0. The second-order valence-corrected chi connectivity index (χ2v) is 5.54. The van der Waals surface area contributed by atoms with E-state index in [9.17, 15) is 0 Å². The van der Waals surface area contributed by atoms with Gasteiger partial charge in [-0.15, -0.1) is 0 Å². The summed E-state index contributed by atoms with van der Waals surface area (Å²) in [4.78, 5) is 2.28. The maximum Gasteiger partial charge on any atom is 0.0924 e. The minimum absolute atomic E-state index is 0.603. The molecule has 0 saturated carbocycles. The van der Waals surface area contributed by atoms with Crippen LogP contribution in [0.1, 0.15) is 34.1 Å². The maximum absolute atomic E-state index is 5.12. The van der Waals surface area contributed by atoms with Crippen LogP contribution in [0.4, 0.5) is 0 Å². The van der Waals surface area contributed by atoms with E-state index in [1.807, 2.05) is 13.0 Å². The number of methoxy groups -OCH3 is 1. The van der Waals surface area contributed by atoms with E-state index in [2.05, 4.69) is 51.9 Å². The topological polar surface area (TPSA) is 12.5 Å². The van der Waals surface area contributed by atoms with Gasteiger partial charge < -0.3 is 9.64 Å². The van der Waals surface area contributed by atoms with Crippen LogP contribution in [-0.4, -0.2) is 32.6 Å². The quantitative estimate of drug-likeness (QED) is 0.480. The van der Waals surface area contributed by atoms with E-state index in [0.717, 1.165) is 24.1 Å². The second kappa shape index (κ2) is 9.21. The fraction of sp³-hybridized carbons (Fsp3) is 0.750. The predicted molar refractivity (Wildman–Crippen MR) is 80.6 cm³/mol. The van der Waals surface area contributed by atoms with Crippen molar-refractivity contribution in [3.05, 3.63) is 24.0 Å². The van der Waals surface area contributed by atoms with Crippen LogP contribution < -0.4 is 0 Å². The molecule has 0 aliphatic heterocycles. The summed E-state index contributed by atoms with van der Waals surface area (Å²) >= 11 is 0. The summed E-state index contributed by atoms with van der Waals surface area (Å²) in [6.45, 7) is 10.1. The van der Waals surface area contributed by atoms with Crippen LogP contribution in [0.25, 0.3) is 0 Å². The van der Waals surface area contributed by atoms with Crippen molar-refractivity contribution in [1.82, 2.24) is 4.90 Å². The zero-order chi connectivity index (χ0) is 14.1. The average molecular weight is 253 g/mol. The molecule has 106 valence electrons. The van der Waals surface area contributed by atoms with Crippen molar-refractivity contribution in [3.63, 3.8) is 0 Å². The molecular formula is C16H31NO. The van der Waals surface area contributed by atoms with Gasteiger partial charge in [0.2, 0.25) is 0 Å². The second-order valence-electron chi connectivity index (χ2n) is 5.54. The lowest BCUT2D eigenvalue weighted by Gasteiger charge is -2.29. The minimum Gasteiger partial charge on any atom is -0.501 e. The Labute approximate surface area is 114 Å². The first-order chi connectivity index (χ1) is 8.42. The molecule has 3 atom stereocenters. The minimum atomic E-state index is 0.603. The molecule has 0 amide bonds. The fourth-order valence-electron chi connectivity index (χ4n) is 2.58. The highest BCUT2D eigenvalue weighted by Gasteiger charge is 2.20. The third kappa shape index (κ3) is 6.85. The first-order valence-electron chi connectivity index (χ1n) is 6.96. The van der Waals surface area contributed by atoms with Gasteiger partial charge in [-0.3, -0.25) is 0 Å². The number of hydrogen-bond acceptors (Lipinski definition) is 2. The molecule has 0 N–H and O–H groups in total. The summed E-state index contributed by atoms with van der Waals surface area (Å²) in [7, 11) is 6.00. The van der Waals surface area contributed by atoms with Gasteiger partial charge in [0.15, 0.2) is 0 Å². The molecule has 0 bridgehead atoms. The van der Waals surface area contributed by atoms with E-state index in [1.54, 1.807) is 7.11 Å². The highest BCUT2D eigenvalue weighted by Crippen LogP contribution is 2.26. The molecule has 0 spiro atoms. The van der Waals surface area contributed by atoms with Gasteiger partial charge in [-0.1, -0.05) is 39.3 Å². The lowest BCUT2D eigenvalue weighted by Crippen LogP contribution is -2.28. The molecule has 0 aliphatic rings. The fourth-order valence-corrected chi connectivity index (χ4v) is 2.58. The molecule has 0 radical (unpaired) electrons. The smallest absolute Gasteiger partial charge is 0.0924 e. The molecule has 0 aliphatic carbocycles. The summed E-state index contributed by atoms with van der Waals surface area (Å²) in [5.74, 6) is 3.01. The number of hydrogen-bond donors (Lipinski definition) is 0. The van der Waals surface area contributed by atoms with Gasteiger partial charge in [0.05, 0.1) is 12.9 Å². The third-order valence-corrected chi connectivity index (χ3v) is 3.60. The third-order valence-electron chi connectivity index (χ3n) is 3.60. The summed E-state index contributed by atoms with van der Waals surface area (Å²) in [6, 6.07) is 0. The molecular weight excluding hydrogens is 222 g/mol. The lowest BCUT2D eigenvalue weighted by atomic mass is 9.81. The SMILES string of the molecule is CC[C@@H](C(C)/C=C\C=C(/C)OC)[C@@H](C)CN(C)C. The Morgan fingerprint density at radius 3 is 2.33 bits per heavy atom. The number of ether oxygens (including phenoxy) is 1. The van der Waals surface area contributed by atoms with Gasteiger partial charge >= 0.3 is 0 Å². The van der Waals surface area contributed by atoms with Gasteiger partial charge in [-0.2, -0.15) is 0 Å². The van der Waals surface area contributed by atoms with E-state index in [-0.39, 0.29) is 0 Å². The Kier molecular flexibility index (Phi) is 8.82. The highest BCUT2D eigenvalue weighted by molar-refractivity contribution is 5.07. The molecule has 1 unspecified atom stereocenters. The molecule has 18 heavy (non-hydrogen) atoms. The first-order valence-corrected chi connectivity index (χ1v) is 6.96. The van der Waals surface area contributed by atoms with Crippen molar-refractivity contribution >= 4 is 0 Å². The highest BCUT2D eigenvalue weighted by atomic mass is 16.5. The van der Waals surface area contributed by atoms with Crippen LogP contribution in [0, 0.1) is 17.8 Å². The Morgan fingerprint density at radius 2 is 1.89 bits per heavy atom. The molecule has 2 nitrogen and oxygen atoms in total. The Hall–Kier alpha value is -0.760. The van der Waals surface area contributed by atoms with Gasteiger partial charge in [0.25, 0.3) is 0 Å². The Bertz CT molecular complexity index is 268. The van der Waals surface area contributed by atoms with Crippen LogP contribution in [0.2, 0.25) is 0 Å². The molecule has 0 heterocycles. The summed E-state index contributed by atoms with van der Waals surface area (Å²) in [5, 5.41) is 0. The van der Waals surface area contributed by atoms with Crippen molar-refractivity contribution in [2.75, 3.05) is 27.7 Å². The standard InChI is InChI=1S/C16H31NO/c1-8-16(14(3)12-17(5)6)13(2)10-9-11-15(4)18-7/h9-11,13-14,16H,8,12H2,1-7H3/b10-9-,15-11+/t13?,14-,16-/m0/s1. The first kappa shape index (κ1) is 17.2. The number of allylic oxidation sites excluding steroid dienone is 4. The largest absolute Gasteiger partial charge is 0.501 e. The van der Waals surface area contributed by atoms with E-state index in [0.29, 0.717) is 5.92 Å². The van der Waals surface area contributed by atoms with Gasteiger partial charge in [-0.25, -0.2) is 0 Å². The zero-order valence-electron chi connectivity index (χ0n) is 13.2. The number of rotatable bonds is 8. The van der Waals surface area contributed by atoms with Crippen LogP contribution >= 0.6 is 0 Å². The van der Waals surface area contributed by atoms with Crippen molar-refractivity contribution in [2.45, 2.75) is 34.1 Å². The van der Waals surface area contributed by atoms with Crippen molar-refractivity contribution in [3.8, 4) is 0 Å². The van der Waals surface area contributed by atoms with E-state index in [4.69, 9.17) is 4.74 Å². The van der Waals surface area contributed by atoms with Gasteiger partial charge in [-0.05, 0) is 44.8 Å². The van der Waals surface area contributed by atoms with Crippen LogP contribution in [0.3, 0.4) is 0 Å². The van der Waals surface area contributed by atoms with E-state index in [1.165, 1.54) is 6.42 Å². The van der Waals surface area contributed by atoms with Crippen molar-refractivity contribution < 1.29 is 4.74 Å². The van der Waals surface area contributed by atoms with Crippen molar-refractivity contribution in [1.29, 1.82) is 0 Å². The number of nitrogens with zero attached hydrogens (tertiary/aromatic N) is 1. The van der Waals surface area contributed by atoms with Crippen LogP contribution in [0.5, 0.6) is 0 Å². The average Bonchev–Trinajstić information content (AvgIpc) is 2.28. The Morgan fingerprint density at radius 1 is 1.28 bits per heavy atom. The summed E-state index contributed by atoms with van der Waals surface area (Å²) in [6.07, 6.45) is 7.67. The lowest BCUT2D eigenvalue weighted by molar-refractivity contribution is 0.222. The normalized spacial score (nSPS) is 18.1. The van der Waals surface area contributed by atoms with Gasteiger partial charge in [0.1, 0.15) is 0 Å². The molecule has 0 aromatic rings. The molecule has 2 heteroatoms. The van der Waals surface area contributed by atoms with Crippen LogP contribution in [-0.2, 0) is 4.74 Å².